The summed E-state index contributed by atoms with van der Waals surface area (Å²) < 4.78 is 31.1. The van der Waals surface area contributed by atoms with Crippen LogP contribution in [0, 0.1) is 0 Å². The number of amides is 2. The maximum Gasteiger partial charge on any atom is 0.487 e. The first-order valence-electron chi connectivity index (χ1n) is 11.2. The number of hydrogen-bond acceptors (Lipinski definition) is 5. The Balaban J connectivity index is 1.55. The molecule has 0 aromatic heterocycles. The second kappa shape index (κ2) is 12.1. The van der Waals surface area contributed by atoms with Crippen LogP contribution in [-0.4, -0.2) is 39.2 Å². The van der Waals surface area contributed by atoms with Crippen LogP contribution in [0.2, 0.25) is 0 Å². The van der Waals surface area contributed by atoms with E-state index in [-0.39, 0.29) is 24.0 Å². The van der Waals surface area contributed by atoms with Gasteiger partial charge in [-0.25, -0.2) is 4.99 Å². The summed E-state index contributed by atoms with van der Waals surface area (Å²) >= 11 is 9.36. The van der Waals surface area contributed by atoms with Crippen molar-refractivity contribution in [1.82, 2.24) is 4.90 Å². The van der Waals surface area contributed by atoms with Crippen LogP contribution in [0.15, 0.2) is 88.3 Å². The molecule has 11 heteroatoms. The molecule has 0 spiro atoms. The molecular weight excluding hydrogens is 588 g/mol. The molecule has 1 heterocycles. The molecule has 0 aliphatic carbocycles. The van der Waals surface area contributed by atoms with Crippen LogP contribution in [0.3, 0.4) is 0 Å². The number of anilines is 1. The molecule has 1 fully saturated rings. The van der Waals surface area contributed by atoms with E-state index >= 15 is 0 Å². The van der Waals surface area contributed by atoms with Gasteiger partial charge in [-0.1, -0.05) is 58.0 Å². The van der Waals surface area contributed by atoms with E-state index in [2.05, 4.69) is 31.0 Å². The van der Waals surface area contributed by atoms with Gasteiger partial charge < -0.3 is 10.1 Å². The van der Waals surface area contributed by atoms with E-state index in [1.54, 1.807) is 29.2 Å². The van der Waals surface area contributed by atoms with Crippen molar-refractivity contribution in [2.45, 2.75) is 23.7 Å². The van der Waals surface area contributed by atoms with E-state index < -0.39 is 10.8 Å². The number of nitrogens with one attached hydrogen (secondary N) is 1. The minimum atomic E-state index is -3.83. The molecule has 3 aromatic carbocycles. The Morgan fingerprint density at radius 2 is 1.78 bits per heavy atom. The number of amidine groups is 1. The predicted octanol–water partition coefficient (Wildman–Crippen LogP) is 6.82. The third-order valence-corrected chi connectivity index (χ3v) is 7.10. The molecule has 192 valence electrons. The number of carbonyl (C=O) groups excluding carboxylic acids is 2. The molecular formula is C26H21BrClF2N3O3S. The Labute approximate surface area is 230 Å². The van der Waals surface area contributed by atoms with Gasteiger partial charge in [-0.2, -0.15) is 0 Å². The topological polar surface area (TPSA) is 71.0 Å². The maximum atomic E-state index is 13.2. The molecule has 1 saturated heterocycles. The van der Waals surface area contributed by atoms with Gasteiger partial charge in [0.25, 0.3) is 0 Å². The summed E-state index contributed by atoms with van der Waals surface area (Å²) in [6.45, 7) is 0.370. The van der Waals surface area contributed by atoms with Gasteiger partial charge in [-0.3, -0.25) is 14.5 Å². The van der Waals surface area contributed by atoms with E-state index in [0.717, 1.165) is 10.0 Å². The molecule has 0 unspecified atom stereocenters. The van der Waals surface area contributed by atoms with Crippen LogP contribution in [0.5, 0.6) is 5.75 Å². The number of carbonyl (C=O) groups is 2. The maximum absolute atomic E-state index is 13.2. The third-order valence-electron chi connectivity index (χ3n) is 5.31. The average Bonchev–Trinajstić information content (AvgIpc) is 2.85. The summed E-state index contributed by atoms with van der Waals surface area (Å²) in [4.78, 5) is 32.3. The van der Waals surface area contributed by atoms with Crippen molar-refractivity contribution < 1.29 is 23.1 Å². The van der Waals surface area contributed by atoms with Gasteiger partial charge in [0.15, 0.2) is 5.17 Å². The molecule has 3 aromatic rings. The molecule has 0 radical (unpaired) electrons. The average molecular weight is 609 g/mol. The first-order chi connectivity index (χ1) is 17.7. The van der Waals surface area contributed by atoms with Crippen LogP contribution in [0.4, 0.5) is 20.2 Å². The molecule has 37 heavy (non-hydrogen) atoms. The van der Waals surface area contributed by atoms with Crippen molar-refractivity contribution in [3.05, 3.63) is 88.9 Å². The highest BCUT2D eigenvalue weighted by atomic mass is 79.9. The minimum absolute atomic E-state index is 0.0123. The molecule has 6 nitrogen and oxygen atoms in total. The molecule has 1 aliphatic rings. The van der Waals surface area contributed by atoms with Crippen molar-refractivity contribution in [3.8, 4) is 5.75 Å². The lowest BCUT2D eigenvalue weighted by atomic mass is 10.1. The van der Waals surface area contributed by atoms with Gasteiger partial charge in [-0.15, -0.1) is 8.78 Å². The number of ether oxygens (including phenoxy) is 1. The van der Waals surface area contributed by atoms with Gasteiger partial charge in [-0.05, 0) is 60.5 Å². The van der Waals surface area contributed by atoms with Crippen LogP contribution >= 0.6 is 39.3 Å². The van der Waals surface area contributed by atoms with Crippen molar-refractivity contribution in [2.75, 3.05) is 11.9 Å². The number of hydrogen-bond donors (Lipinski definition) is 1. The zero-order valence-electron chi connectivity index (χ0n) is 19.2. The second-order valence-electron chi connectivity index (χ2n) is 8.02. The molecule has 0 bridgehead atoms. The van der Waals surface area contributed by atoms with Gasteiger partial charge in [0.1, 0.15) is 11.0 Å². The molecule has 2 amide bonds. The number of benzene rings is 3. The number of rotatable bonds is 8. The number of nitrogens with zero attached hydrogens (tertiary/aromatic N) is 2. The SMILES string of the molecule is O=C(Nc1ccc(Br)cc1)[C@@H]1CC(=O)N(CCc2ccccc2)C(=Nc2ccc(OC(F)(F)Cl)cc2)S1. The number of thioether (sulfide) groups is 1. The standard InChI is InChI=1S/C26H21BrClF2N3O3S/c27-18-6-8-19(9-7-18)31-24(35)22-16-23(34)33(15-14-17-4-2-1-3-5-17)25(37-22)32-20-10-12-21(13-11-20)36-26(28,29)30/h1-13,22H,14-16H2,(H,31,35)/t22-/m0/s1. The van der Waals surface area contributed by atoms with E-state index in [9.17, 15) is 18.4 Å². The summed E-state index contributed by atoms with van der Waals surface area (Å²) in [5.41, 5.74) is -1.77. The van der Waals surface area contributed by atoms with Crippen LogP contribution < -0.4 is 10.1 Å². The lowest BCUT2D eigenvalue weighted by Crippen LogP contribution is -2.46. The summed E-state index contributed by atoms with van der Waals surface area (Å²) in [7, 11) is 0. The first-order valence-corrected chi connectivity index (χ1v) is 13.2. The molecule has 1 atom stereocenters. The van der Waals surface area contributed by atoms with Gasteiger partial charge in [0, 0.05) is 34.7 Å². The quantitative estimate of drug-likeness (QED) is 0.285. The Hall–Kier alpha value is -2.95. The zero-order valence-corrected chi connectivity index (χ0v) is 22.4. The largest absolute Gasteiger partial charge is 0.487 e. The highest BCUT2D eigenvalue weighted by Gasteiger charge is 2.36. The van der Waals surface area contributed by atoms with E-state index in [4.69, 9.17) is 11.6 Å². The summed E-state index contributed by atoms with van der Waals surface area (Å²) in [5, 5.41) is 2.49. The molecule has 1 aliphatic heterocycles. The van der Waals surface area contributed by atoms with Crippen LogP contribution in [0.25, 0.3) is 0 Å². The fraction of sp³-hybridized carbons (Fsp3) is 0.192. The number of aliphatic imine (C=N–C) groups is 1. The van der Waals surface area contributed by atoms with Crippen LogP contribution in [0.1, 0.15) is 12.0 Å². The highest BCUT2D eigenvalue weighted by molar-refractivity contribution is 9.10. The van der Waals surface area contributed by atoms with Crippen molar-refractivity contribution in [2.24, 2.45) is 4.99 Å². The molecule has 4 rings (SSSR count). The lowest BCUT2D eigenvalue weighted by Gasteiger charge is -2.32. The summed E-state index contributed by atoms with van der Waals surface area (Å²) in [5.74, 6) is -0.681. The Kier molecular flexibility index (Phi) is 8.83. The molecule has 0 saturated carbocycles. The van der Waals surface area contributed by atoms with Gasteiger partial charge in [0.2, 0.25) is 11.8 Å². The Morgan fingerprint density at radius 3 is 2.43 bits per heavy atom. The van der Waals surface area contributed by atoms with E-state index in [1.807, 2.05) is 30.3 Å². The van der Waals surface area contributed by atoms with Gasteiger partial charge >= 0.3 is 5.57 Å². The normalized spacial score (nSPS) is 17.1. The smallest absolute Gasteiger partial charge is 0.420 e. The lowest BCUT2D eigenvalue weighted by molar-refractivity contribution is -0.129. The fourth-order valence-corrected chi connectivity index (χ4v) is 5.01. The Bertz CT molecular complexity index is 1270. The predicted molar refractivity (Wildman–Crippen MR) is 146 cm³/mol. The van der Waals surface area contributed by atoms with Gasteiger partial charge in [0.05, 0.1) is 5.69 Å². The van der Waals surface area contributed by atoms with Crippen molar-refractivity contribution in [3.63, 3.8) is 0 Å². The number of halogens is 4. The fourth-order valence-electron chi connectivity index (χ4n) is 3.54. The Morgan fingerprint density at radius 1 is 1.11 bits per heavy atom. The van der Waals surface area contributed by atoms with Crippen LogP contribution in [-0.2, 0) is 16.0 Å². The molecule has 1 N–H and O–H groups in total. The monoisotopic (exact) mass is 607 g/mol. The van der Waals surface area contributed by atoms with Crippen molar-refractivity contribution >= 4 is 67.6 Å². The van der Waals surface area contributed by atoms with Crippen molar-refractivity contribution in [1.29, 1.82) is 0 Å². The first kappa shape index (κ1) is 27.1. The zero-order chi connectivity index (χ0) is 26.4. The summed E-state index contributed by atoms with van der Waals surface area (Å²) in [6.07, 6.45) is 0.609. The third kappa shape index (κ3) is 8.02. The number of alkyl halides is 3. The highest BCUT2D eigenvalue weighted by Crippen LogP contribution is 2.32. The van der Waals surface area contributed by atoms with E-state index in [1.165, 1.54) is 36.0 Å². The van der Waals surface area contributed by atoms with E-state index in [0.29, 0.717) is 29.5 Å². The minimum Gasteiger partial charge on any atom is -0.420 e. The second-order valence-corrected chi connectivity index (χ2v) is 10.5. The summed E-state index contributed by atoms with van der Waals surface area (Å²) in [6, 6.07) is 22.4.